The number of β-amino-alcohol motifs (C(OH)–C–C–N with tert-alkyl or cyclic N) is 1. The number of benzene rings is 2. The van der Waals surface area contributed by atoms with Crippen LogP contribution in [0.5, 0.6) is 0 Å². The number of nitrogens with zero attached hydrogens (tertiary/aromatic N) is 4. The molecule has 0 radical (unpaired) electrons. The summed E-state index contributed by atoms with van der Waals surface area (Å²) in [5.74, 6) is -0.160. The molecule has 13 heteroatoms. The van der Waals surface area contributed by atoms with Gasteiger partial charge in [0.2, 0.25) is 17.8 Å². The van der Waals surface area contributed by atoms with E-state index in [-0.39, 0.29) is 35.8 Å². The Balaban J connectivity index is 1.68. The quantitative estimate of drug-likeness (QED) is 0.409. The van der Waals surface area contributed by atoms with Crippen molar-refractivity contribution in [3.05, 3.63) is 59.7 Å². The Bertz CT molecular complexity index is 1140. The number of hydrogen-bond donors (Lipinski definition) is 3. The number of aromatic nitrogens is 3. The molecule has 0 saturated carbocycles. The molecule has 3 N–H and O–H groups in total. The zero-order chi connectivity index (χ0) is 25.4. The van der Waals surface area contributed by atoms with E-state index in [4.69, 9.17) is 0 Å². The van der Waals surface area contributed by atoms with Crippen molar-refractivity contribution in [2.45, 2.75) is 31.3 Å². The second-order valence-electron chi connectivity index (χ2n) is 8.36. The molecule has 0 amide bonds. The lowest BCUT2D eigenvalue weighted by Gasteiger charge is -2.20. The van der Waals surface area contributed by atoms with Crippen molar-refractivity contribution in [2.24, 2.45) is 0 Å². The average molecular weight is 498 g/mol. The minimum atomic E-state index is -4.56. The van der Waals surface area contributed by atoms with E-state index in [1.165, 1.54) is 24.3 Å². The van der Waals surface area contributed by atoms with Crippen LogP contribution in [0.15, 0.2) is 48.5 Å². The Kier molecular flexibility index (Phi) is 6.21. The van der Waals surface area contributed by atoms with Gasteiger partial charge in [-0.15, -0.1) is 0 Å². The summed E-state index contributed by atoms with van der Waals surface area (Å²) in [5, 5.41) is 15.7. The first-order valence-corrected chi connectivity index (χ1v) is 10.4. The molecule has 2 heterocycles. The Labute approximate surface area is 195 Å². The molecule has 4 rings (SSSR count). The molecule has 35 heavy (non-hydrogen) atoms. The fourth-order valence-corrected chi connectivity index (χ4v) is 3.54. The highest BCUT2D eigenvalue weighted by molar-refractivity contribution is 5.61. The summed E-state index contributed by atoms with van der Waals surface area (Å²) in [6, 6.07) is 8.79. The lowest BCUT2D eigenvalue weighted by molar-refractivity contribution is -0.138. The normalized spacial score (nSPS) is 18.6. The average Bonchev–Trinajstić information content (AvgIpc) is 3.12. The van der Waals surface area contributed by atoms with Crippen LogP contribution in [0.4, 0.5) is 55.6 Å². The van der Waals surface area contributed by atoms with Crippen molar-refractivity contribution in [3.63, 3.8) is 0 Å². The van der Waals surface area contributed by atoms with E-state index in [1.54, 1.807) is 11.8 Å². The highest BCUT2D eigenvalue weighted by Gasteiger charge is 2.34. The van der Waals surface area contributed by atoms with Crippen LogP contribution in [0.25, 0.3) is 0 Å². The van der Waals surface area contributed by atoms with Gasteiger partial charge in [0.05, 0.1) is 16.7 Å². The van der Waals surface area contributed by atoms with Crippen molar-refractivity contribution >= 4 is 29.2 Å². The van der Waals surface area contributed by atoms with E-state index in [2.05, 4.69) is 25.6 Å². The number of anilines is 5. The topological polar surface area (TPSA) is 86.2 Å². The first-order valence-electron chi connectivity index (χ1n) is 10.4. The first kappa shape index (κ1) is 24.5. The Hall–Kier alpha value is -3.61. The highest BCUT2D eigenvalue weighted by Crippen LogP contribution is 2.33. The maximum absolute atomic E-state index is 13.1. The summed E-state index contributed by atoms with van der Waals surface area (Å²) in [6.45, 7) is 2.21. The Morgan fingerprint density at radius 2 is 1.31 bits per heavy atom. The maximum atomic E-state index is 13.1. The van der Waals surface area contributed by atoms with Gasteiger partial charge in [0.15, 0.2) is 0 Å². The van der Waals surface area contributed by atoms with Crippen molar-refractivity contribution in [1.29, 1.82) is 0 Å². The van der Waals surface area contributed by atoms with Crippen LogP contribution < -0.4 is 15.5 Å². The third-order valence-corrected chi connectivity index (χ3v) is 5.25. The minimum absolute atomic E-state index is 0.0513. The van der Waals surface area contributed by atoms with Gasteiger partial charge in [-0.05, 0) is 49.7 Å². The van der Waals surface area contributed by atoms with Crippen LogP contribution in [-0.4, -0.2) is 38.7 Å². The molecule has 7 nitrogen and oxygen atoms in total. The molecule has 1 aliphatic rings. The maximum Gasteiger partial charge on any atom is 0.416 e. The fraction of sp³-hybridized carbons (Fsp3) is 0.318. The third-order valence-electron chi connectivity index (χ3n) is 5.25. The second-order valence-corrected chi connectivity index (χ2v) is 8.36. The van der Waals surface area contributed by atoms with E-state index < -0.39 is 29.1 Å². The summed E-state index contributed by atoms with van der Waals surface area (Å²) >= 11 is 0. The van der Waals surface area contributed by atoms with Gasteiger partial charge in [-0.1, -0.05) is 12.1 Å². The standard InChI is InChI=1S/C22H20F6N6O/c1-20(35)8-9-34(12-20)19-32-17(29-15-6-2-4-13(10-15)21(23,24)25)31-18(33-19)30-16-7-3-5-14(11-16)22(26,27)28/h2-7,10-11,35H,8-9,12H2,1H3,(H2,29,30,31,32,33). The molecule has 1 aromatic heterocycles. The molecule has 1 saturated heterocycles. The molecule has 1 aliphatic heterocycles. The first-order chi connectivity index (χ1) is 16.3. The van der Waals surface area contributed by atoms with Crippen LogP contribution in [-0.2, 0) is 12.4 Å². The monoisotopic (exact) mass is 498 g/mol. The summed E-state index contributed by atoms with van der Waals surface area (Å²) in [5.41, 5.74) is -2.66. The van der Waals surface area contributed by atoms with Gasteiger partial charge in [0.25, 0.3) is 0 Å². The summed E-state index contributed by atoms with van der Waals surface area (Å²) in [7, 11) is 0. The summed E-state index contributed by atoms with van der Waals surface area (Å²) in [4.78, 5) is 14.3. The number of aliphatic hydroxyl groups is 1. The number of hydrogen-bond acceptors (Lipinski definition) is 7. The Morgan fingerprint density at radius 1 is 0.829 bits per heavy atom. The third kappa shape index (κ3) is 6.10. The number of alkyl halides is 6. The van der Waals surface area contributed by atoms with Gasteiger partial charge in [0, 0.05) is 24.5 Å². The molecule has 186 valence electrons. The summed E-state index contributed by atoms with van der Waals surface area (Å²) in [6.07, 6.45) is -8.69. The molecular weight excluding hydrogens is 478 g/mol. The Morgan fingerprint density at radius 3 is 1.71 bits per heavy atom. The number of rotatable bonds is 5. The van der Waals surface area contributed by atoms with Gasteiger partial charge in [0.1, 0.15) is 0 Å². The second kappa shape index (κ2) is 8.87. The van der Waals surface area contributed by atoms with E-state index >= 15 is 0 Å². The van der Waals surface area contributed by atoms with E-state index in [0.717, 1.165) is 24.3 Å². The van der Waals surface area contributed by atoms with Gasteiger partial charge in [-0.25, -0.2) is 0 Å². The summed E-state index contributed by atoms with van der Waals surface area (Å²) < 4.78 is 78.5. The zero-order valence-electron chi connectivity index (χ0n) is 18.2. The SMILES string of the molecule is CC1(O)CCN(c2nc(Nc3cccc(C(F)(F)F)c3)nc(Nc3cccc(C(F)(F)F)c3)n2)C1. The smallest absolute Gasteiger partial charge is 0.388 e. The molecule has 3 aromatic rings. The predicted octanol–water partition coefficient (Wildman–Crippen LogP) is 5.36. The van der Waals surface area contributed by atoms with Gasteiger partial charge in [-0.3, -0.25) is 0 Å². The van der Waals surface area contributed by atoms with Crippen molar-refractivity contribution in [1.82, 2.24) is 15.0 Å². The van der Waals surface area contributed by atoms with Gasteiger partial charge >= 0.3 is 12.4 Å². The lowest BCUT2D eigenvalue weighted by atomic mass is 10.1. The number of nitrogens with one attached hydrogen (secondary N) is 2. The van der Waals surface area contributed by atoms with E-state index in [9.17, 15) is 31.4 Å². The van der Waals surface area contributed by atoms with E-state index in [0.29, 0.717) is 13.0 Å². The van der Waals surface area contributed by atoms with Crippen LogP contribution >= 0.6 is 0 Å². The van der Waals surface area contributed by atoms with Crippen molar-refractivity contribution in [3.8, 4) is 0 Å². The van der Waals surface area contributed by atoms with Crippen LogP contribution in [0, 0.1) is 0 Å². The zero-order valence-corrected chi connectivity index (χ0v) is 18.2. The molecule has 1 fully saturated rings. The van der Waals surface area contributed by atoms with Crippen LogP contribution in [0.1, 0.15) is 24.5 Å². The molecule has 0 aliphatic carbocycles. The largest absolute Gasteiger partial charge is 0.416 e. The minimum Gasteiger partial charge on any atom is -0.388 e. The van der Waals surface area contributed by atoms with E-state index in [1.807, 2.05) is 0 Å². The molecule has 2 aromatic carbocycles. The molecule has 1 atom stereocenters. The predicted molar refractivity (Wildman–Crippen MR) is 117 cm³/mol. The lowest BCUT2D eigenvalue weighted by Crippen LogP contribution is -2.30. The molecular formula is C22H20F6N6O. The highest BCUT2D eigenvalue weighted by atomic mass is 19.4. The van der Waals surface area contributed by atoms with Crippen LogP contribution in [0.2, 0.25) is 0 Å². The molecule has 0 spiro atoms. The van der Waals surface area contributed by atoms with Crippen molar-refractivity contribution < 1.29 is 31.4 Å². The number of halogens is 6. The van der Waals surface area contributed by atoms with Gasteiger partial charge < -0.3 is 20.6 Å². The van der Waals surface area contributed by atoms with Crippen LogP contribution in [0.3, 0.4) is 0 Å². The molecule has 1 unspecified atom stereocenters. The van der Waals surface area contributed by atoms with Crippen molar-refractivity contribution in [2.75, 3.05) is 28.6 Å². The molecule has 0 bridgehead atoms. The van der Waals surface area contributed by atoms with Gasteiger partial charge in [-0.2, -0.15) is 41.3 Å². The fourth-order valence-electron chi connectivity index (χ4n) is 3.54.